The van der Waals surface area contributed by atoms with Gasteiger partial charge in [0, 0.05) is 13.5 Å². The molecule has 1 saturated carbocycles. The van der Waals surface area contributed by atoms with Crippen LogP contribution in [-0.4, -0.2) is 23.9 Å². The molecule has 112 valence electrons. The Hall–Kier alpha value is -1.07. The zero-order chi connectivity index (χ0) is 14.8. The van der Waals surface area contributed by atoms with Crippen molar-refractivity contribution in [2.75, 3.05) is 7.11 Å². The fourth-order valence-corrected chi connectivity index (χ4v) is 2.73. The van der Waals surface area contributed by atoms with Gasteiger partial charge in [-0.2, -0.15) is 13.2 Å². The van der Waals surface area contributed by atoms with Gasteiger partial charge in [0.25, 0.3) is 0 Å². The van der Waals surface area contributed by atoms with E-state index in [2.05, 4.69) is 0 Å². The second kappa shape index (κ2) is 5.74. The summed E-state index contributed by atoms with van der Waals surface area (Å²) in [6.45, 7) is 0. The number of halogens is 3. The lowest BCUT2D eigenvalue weighted by molar-refractivity contribution is -0.137. The maximum atomic E-state index is 12.5. The van der Waals surface area contributed by atoms with Crippen LogP contribution in [0.1, 0.15) is 36.8 Å². The van der Waals surface area contributed by atoms with Crippen LogP contribution < -0.4 is 0 Å². The van der Waals surface area contributed by atoms with Crippen LogP contribution in [0.4, 0.5) is 13.2 Å². The van der Waals surface area contributed by atoms with Crippen molar-refractivity contribution in [2.24, 2.45) is 0 Å². The highest BCUT2D eigenvalue weighted by Crippen LogP contribution is 2.34. The molecule has 1 aliphatic rings. The highest BCUT2D eigenvalue weighted by molar-refractivity contribution is 5.25. The van der Waals surface area contributed by atoms with Crippen LogP contribution in [0.15, 0.2) is 24.3 Å². The van der Waals surface area contributed by atoms with E-state index in [1.807, 2.05) is 0 Å². The van der Waals surface area contributed by atoms with Gasteiger partial charge in [-0.1, -0.05) is 12.1 Å². The number of aliphatic hydroxyl groups is 1. The molecular weight excluding hydrogens is 269 g/mol. The minimum absolute atomic E-state index is 0.183. The van der Waals surface area contributed by atoms with Crippen molar-refractivity contribution in [1.82, 2.24) is 0 Å². The van der Waals surface area contributed by atoms with E-state index in [4.69, 9.17) is 4.74 Å². The van der Waals surface area contributed by atoms with Gasteiger partial charge in [0.05, 0.1) is 17.3 Å². The second-order valence-electron chi connectivity index (χ2n) is 5.53. The van der Waals surface area contributed by atoms with Gasteiger partial charge in [-0.15, -0.1) is 0 Å². The predicted octanol–water partition coefficient (Wildman–Crippen LogP) is 3.57. The van der Waals surface area contributed by atoms with E-state index in [1.165, 1.54) is 12.1 Å². The average Bonchev–Trinajstić information content (AvgIpc) is 2.39. The Kier molecular flexibility index (Phi) is 4.39. The van der Waals surface area contributed by atoms with Gasteiger partial charge in [0.1, 0.15) is 0 Å². The first-order valence-corrected chi connectivity index (χ1v) is 6.74. The molecule has 1 aromatic carbocycles. The van der Waals surface area contributed by atoms with Crippen LogP contribution in [-0.2, 0) is 17.3 Å². The van der Waals surface area contributed by atoms with Gasteiger partial charge in [0.2, 0.25) is 0 Å². The molecule has 1 N–H and O–H groups in total. The number of alkyl halides is 3. The average molecular weight is 288 g/mol. The maximum Gasteiger partial charge on any atom is 0.416 e. The lowest BCUT2D eigenvalue weighted by Crippen LogP contribution is -2.38. The number of rotatable bonds is 3. The Morgan fingerprint density at radius 3 is 2.20 bits per heavy atom. The molecule has 0 heterocycles. The number of hydrogen-bond acceptors (Lipinski definition) is 2. The van der Waals surface area contributed by atoms with Crippen molar-refractivity contribution in [2.45, 2.75) is 50.0 Å². The molecule has 20 heavy (non-hydrogen) atoms. The molecule has 0 aliphatic heterocycles. The Morgan fingerprint density at radius 1 is 1.20 bits per heavy atom. The summed E-state index contributed by atoms with van der Waals surface area (Å²) < 4.78 is 42.7. The van der Waals surface area contributed by atoms with E-state index in [-0.39, 0.29) is 6.10 Å². The molecule has 1 aromatic rings. The third-order valence-corrected chi connectivity index (χ3v) is 4.01. The van der Waals surface area contributed by atoms with Crippen molar-refractivity contribution >= 4 is 0 Å². The van der Waals surface area contributed by atoms with Crippen molar-refractivity contribution in [3.8, 4) is 0 Å². The first kappa shape index (κ1) is 15.3. The Bertz CT molecular complexity index is 431. The largest absolute Gasteiger partial charge is 0.416 e. The van der Waals surface area contributed by atoms with E-state index in [0.29, 0.717) is 19.3 Å². The number of ether oxygens (including phenoxy) is 1. The lowest BCUT2D eigenvalue weighted by atomic mass is 9.79. The summed E-state index contributed by atoms with van der Waals surface area (Å²) in [5.74, 6) is 0. The van der Waals surface area contributed by atoms with Gasteiger partial charge in [-0.05, 0) is 43.4 Å². The smallest absolute Gasteiger partial charge is 0.390 e. The molecule has 1 aliphatic carbocycles. The molecule has 0 radical (unpaired) electrons. The van der Waals surface area contributed by atoms with Crippen molar-refractivity contribution < 1.29 is 23.0 Å². The molecule has 0 atom stereocenters. The van der Waals surface area contributed by atoms with Gasteiger partial charge in [-0.3, -0.25) is 0 Å². The van der Waals surface area contributed by atoms with Crippen LogP contribution in [0, 0.1) is 0 Å². The molecule has 2 rings (SSSR count). The van der Waals surface area contributed by atoms with Gasteiger partial charge < -0.3 is 9.84 Å². The topological polar surface area (TPSA) is 29.5 Å². The summed E-state index contributed by atoms with van der Waals surface area (Å²) in [4.78, 5) is 0. The summed E-state index contributed by atoms with van der Waals surface area (Å²) in [5.41, 5.74) is -0.748. The monoisotopic (exact) mass is 288 g/mol. The molecule has 0 amide bonds. The first-order valence-electron chi connectivity index (χ1n) is 6.74. The third-order valence-electron chi connectivity index (χ3n) is 4.01. The molecule has 0 bridgehead atoms. The molecule has 0 aromatic heterocycles. The third kappa shape index (κ3) is 3.73. The molecule has 0 spiro atoms. The fourth-order valence-electron chi connectivity index (χ4n) is 2.73. The predicted molar refractivity (Wildman–Crippen MR) is 69.4 cm³/mol. The number of hydrogen-bond donors (Lipinski definition) is 1. The van der Waals surface area contributed by atoms with Crippen LogP contribution in [0.25, 0.3) is 0 Å². The van der Waals surface area contributed by atoms with Crippen molar-refractivity contribution in [3.05, 3.63) is 35.4 Å². The van der Waals surface area contributed by atoms with E-state index >= 15 is 0 Å². The molecule has 5 heteroatoms. The molecular formula is C15H19F3O2. The highest BCUT2D eigenvalue weighted by Gasteiger charge is 2.34. The van der Waals surface area contributed by atoms with Gasteiger partial charge in [-0.25, -0.2) is 0 Å². The summed E-state index contributed by atoms with van der Waals surface area (Å²) in [6.07, 6.45) is -0.934. The fraction of sp³-hybridized carbons (Fsp3) is 0.600. The SMILES string of the molecule is COC1CCC(O)(Cc2ccc(C(F)(F)F)cc2)CC1. The molecule has 1 fully saturated rings. The van der Waals surface area contributed by atoms with Gasteiger partial charge >= 0.3 is 6.18 Å². The normalized spacial score (nSPS) is 27.6. The second-order valence-corrected chi connectivity index (χ2v) is 5.53. The van der Waals surface area contributed by atoms with Crippen LogP contribution in [0.5, 0.6) is 0 Å². The van der Waals surface area contributed by atoms with Crippen LogP contribution in [0.2, 0.25) is 0 Å². The zero-order valence-corrected chi connectivity index (χ0v) is 11.4. The van der Waals surface area contributed by atoms with E-state index < -0.39 is 17.3 Å². The number of benzene rings is 1. The zero-order valence-electron chi connectivity index (χ0n) is 11.4. The van der Waals surface area contributed by atoms with Crippen LogP contribution in [0.3, 0.4) is 0 Å². The summed E-state index contributed by atoms with van der Waals surface area (Å²) in [5, 5.41) is 10.5. The minimum atomic E-state index is -4.31. The lowest BCUT2D eigenvalue weighted by Gasteiger charge is -2.35. The number of methoxy groups -OCH3 is 1. The summed E-state index contributed by atoms with van der Waals surface area (Å²) in [7, 11) is 1.66. The van der Waals surface area contributed by atoms with Crippen LogP contribution >= 0.6 is 0 Å². The summed E-state index contributed by atoms with van der Waals surface area (Å²) in [6, 6.07) is 5.03. The van der Waals surface area contributed by atoms with Crippen molar-refractivity contribution in [1.29, 1.82) is 0 Å². The minimum Gasteiger partial charge on any atom is -0.390 e. The quantitative estimate of drug-likeness (QED) is 0.921. The maximum absolute atomic E-state index is 12.5. The Morgan fingerprint density at radius 2 is 1.75 bits per heavy atom. The van der Waals surface area contributed by atoms with Crippen molar-refractivity contribution in [3.63, 3.8) is 0 Å². The van der Waals surface area contributed by atoms with E-state index in [9.17, 15) is 18.3 Å². The molecule has 0 saturated heterocycles. The summed E-state index contributed by atoms with van der Waals surface area (Å²) >= 11 is 0. The molecule has 2 nitrogen and oxygen atoms in total. The van der Waals surface area contributed by atoms with E-state index in [1.54, 1.807) is 7.11 Å². The Labute approximate surface area is 116 Å². The van der Waals surface area contributed by atoms with E-state index in [0.717, 1.165) is 30.5 Å². The Balaban J connectivity index is 2.00. The standard InChI is InChI=1S/C15H19F3O2/c1-20-13-6-8-14(19,9-7-13)10-11-2-4-12(5-3-11)15(16,17)18/h2-5,13,19H,6-10H2,1H3. The first-order chi connectivity index (χ1) is 9.32. The van der Waals surface area contributed by atoms with Gasteiger partial charge in [0.15, 0.2) is 0 Å². The molecule has 0 unspecified atom stereocenters. The highest BCUT2D eigenvalue weighted by atomic mass is 19.4.